The molecule has 0 saturated heterocycles. The fourth-order valence-corrected chi connectivity index (χ4v) is 4.91. The summed E-state index contributed by atoms with van der Waals surface area (Å²) in [5.41, 5.74) is 4.95. The molecule has 2 aromatic carbocycles. The van der Waals surface area contributed by atoms with Crippen LogP contribution in [0.15, 0.2) is 67.0 Å². The van der Waals surface area contributed by atoms with Crippen molar-refractivity contribution in [1.29, 1.82) is 0 Å². The quantitative estimate of drug-likeness (QED) is 0.328. The van der Waals surface area contributed by atoms with Crippen LogP contribution in [-0.2, 0) is 5.41 Å². The average molecular weight is 356 g/mol. The molecular weight excluding hydrogens is 336 g/mol. The maximum Gasteiger partial charge on any atom is 0.100 e. The Hall–Kier alpha value is -2.65. The molecule has 0 amide bonds. The van der Waals surface area contributed by atoms with Crippen LogP contribution >= 0.6 is 11.3 Å². The van der Waals surface area contributed by atoms with E-state index >= 15 is 0 Å². The summed E-state index contributed by atoms with van der Waals surface area (Å²) in [7, 11) is 0. The van der Waals surface area contributed by atoms with Crippen LogP contribution in [0.25, 0.3) is 37.1 Å². The van der Waals surface area contributed by atoms with Gasteiger partial charge in [0.25, 0.3) is 0 Å². The first-order valence-electron chi connectivity index (χ1n) is 8.90. The summed E-state index contributed by atoms with van der Waals surface area (Å²) >= 11 is 1.81. The number of hydrogen-bond acceptors (Lipinski definition) is 2. The van der Waals surface area contributed by atoms with Gasteiger partial charge in [0, 0.05) is 18.0 Å². The second-order valence-corrected chi connectivity index (χ2v) is 8.85. The van der Waals surface area contributed by atoms with Crippen LogP contribution in [-0.4, -0.2) is 9.38 Å². The minimum absolute atomic E-state index is 0.0754. The predicted octanol–water partition coefficient (Wildman–Crippen LogP) is 6.67. The Morgan fingerprint density at radius 2 is 1.81 bits per heavy atom. The molecule has 3 aromatic heterocycles. The molecule has 0 N–H and O–H groups in total. The lowest BCUT2D eigenvalue weighted by Crippen LogP contribution is -2.12. The lowest BCUT2D eigenvalue weighted by Gasteiger charge is -2.22. The van der Waals surface area contributed by atoms with E-state index in [2.05, 4.69) is 86.0 Å². The van der Waals surface area contributed by atoms with Gasteiger partial charge in [-0.3, -0.25) is 4.98 Å². The van der Waals surface area contributed by atoms with Crippen molar-refractivity contribution in [2.75, 3.05) is 0 Å². The summed E-state index contributed by atoms with van der Waals surface area (Å²) in [6.07, 6.45) is 4.05. The molecule has 5 rings (SSSR count). The molecule has 0 unspecified atom stereocenters. The van der Waals surface area contributed by atoms with Gasteiger partial charge in [-0.15, -0.1) is 11.3 Å². The van der Waals surface area contributed by atoms with Crippen molar-refractivity contribution in [2.24, 2.45) is 0 Å². The van der Waals surface area contributed by atoms with Crippen molar-refractivity contribution in [2.45, 2.75) is 26.2 Å². The average Bonchev–Trinajstić information content (AvgIpc) is 3.21. The maximum absolute atomic E-state index is 4.78. The molecule has 0 fully saturated rings. The second-order valence-electron chi connectivity index (χ2n) is 7.82. The van der Waals surface area contributed by atoms with Crippen LogP contribution in [0.4, 0.5) is 0 Å². The van der Waals surface area contributed by atoms with E-state index in [1.165, 1.54) is 36.9 Å². The van der Waals surface area contributed by atoms with Crippen molar-refractivity contribution in [3.05, 3.63) is 72.6 Å². The third-order valence-corrected chi connectivity index (χ3v) is 6.15. The van der Waals surface area contributed by atoms with E-state index in [1.54, 1.807) is 0 Å². The topological polar surface area (TPSA) is 17.3 Å². The van der Waals surface area contributed by atoms with E-state index < -0.39 is 0 Å². The molecule has 5 aromatic rings. The SMILES string of the molecule is CC(C)(C)c1cc(-c2nccc3c2sc2cccn23)cc2ccccc12. The Kier molecular flexibility index (Phi) is 3.25. The fraction of sp³-hybridized carbons (Fsp3) is 0.174. The Labute approximate surface area is 156 Å². The highest BCUT2D eigenvalue weighted by molar-refractivity contribution is 7.24. The fourth-order valence-electron chi connectivity index (χ4n) is 3.75. The molecule has 0 aliphatic heterocycles. The predicted molar refractivity (Wildman–Crippen MR) is 112 cm³/mol. The summed E-state index contributed by atoms with van der Waals surface area (Å²) in [5, 5.41) is 2.60. The summed E-state index contributed by atoms with van der Waals surface area (Å²) < 4.78 is 3.50. The van der Waals surface area contributed by atoms with Gasteiger partial charge < -0.3 is 4.40 Å². The first-order valence-corrected chi connectivity index (χ1v) is 9.72. The van der Waals surface area contributed by atoms with Crippen molar-refractivity contribution >= 4 is 37.2 Å². The van der Waals surface area contributed by atoms with Gasteiger partial charge in [-0.05, 0) is 52.1 Å². The standard InChI is InChI=1S/C23H20N2S/c1-23(2,3)18-14-16(13-15-7-4-5-8-17(15)18)21-22-19(10-11-24-21)25-12-6-9-20(25)26-22/h4-14H,1-3H3. The minimum atomic E-state index is 0.0754. The number of hydrogen-bond donors (Lipinski definition) is 0. The zero-order valence-electron chi connectivity index (χ0n) is 15.2. The van der Waals surface area contributed by atoms with Crippen LogP contribution < -0.4 is 0 Å². The van der Waals surface area contributed by atoms with Gasteiger partial charge in [0.1, 0.15) is 4.83 Å². The molecule has 0 atom stereocenters. The number of rotatable bonds is 1. The monoisotopic (exact) mass is 356 g/mol. The highest BCUT2D eigenvalue weighted by Gasteiger charge is 2.20. The van der Waals surface area contributed by atoms with E-state index in [-0.39, 0.29) is 5.41 Å². The highest BCUT2D eigenvalue weighted by Crippen LogP contribution is 2.38. The number of benzene rings is 2. The van der Waals surface area contributed by atoms with E-state index in [4.69, 9.17) is 4.98 Å². The number of thiazole rings is 1. The number of aromatic nitrogens is 2. The molecule has 0 radical (unpaired) electrons. The Morgan fingerprint density at radius 3 is 2.65 bits per heavy atom. The lowest BCUT2D eigenvalue weighted by atomic mass is 9.82. The number of nitrogens with zero attached hydrogens (tertiary/aromatic N) is 2. The van der Waals surface area contributed by atoms with Gasteiger partial charge in [0.05, 0.1) is 15.9 Å². The largest absolute Gasteiger partial charge is 0.307 e. The van der Waals surface area contributed by atoms with Crippen molar-refractivity contribution in [3.8, 4) is 11.3 Å². The molecule has 0 saturated carbocycles. The third-order valence-electron chi connectivity index (χ3n) is 5.00. The van der Waals surface area contributed by atoms with E-state index in [0.29, 0.717) is 0 Å². The first kappa shape index (κ1) is 15.6. The van der Waals surface area contributed by atoms with E-state index in [0.717, 1.165) is 5.69 Å². The van der Waals surface area contributed by atoms with Crippen LogP contribution in [0.2, 0.25) is 0 Å². The Bertz CT molecular complexity index is 1270. The molecule has 26 heavy (non-hydrogen) atoms. The number of pyridine rings is 1. The molecule has 128 valence electrons. The summed E-state index contributed by atoms with van der Waals surface area (Å²) in [5.74, 6) is 0. The third kappa shape index (κ3) is 2.27. The van der Waals surface area contributed by atoms with Crippen LogP contribution in [0.5, 0.6) is 0 Å². The van der Waals surface area contributed by atoms with Crippen LogP contribution in [0.1, 0.15) is 26.3 Å². The Morgan fingerprint density at radius 1 is 0.962 bits per heavy atom. The van der Waals surface area contributed by atoms with Gasteiger partial charge >= 0.3 is 0 Å². The molecule has 3 heterocycles. The molecule has 2 nitrogen and oxygen atoms in total. The van der Waals surface area contributed by atoms with E-state index in [9.17, 15) is 0 Å². The lowest BCUT2D eigenvalue weighted by molar-refractivity contribution is 0.596. The van der Waals surface area contributed by atoms with E-state index in [1.807, 2.05) is 17.5 Å². The van der Waals surface area contributed by atoms with Gasteiger partial charge in [0.2, 0.25) is 0 Å². The minimum Gasteiger partial charge on any atom is -0.307 e. The molecule has 3 heteroatoms. The maximum atomic E-state index is 4.78. The summed E-state index contributed by atoms with van der Waals surface area (Å²) in [6, 6.07) is 19.6. The highest BCUT2D eigenvalue weighted by atomic mass is 32.1. The van der Waals surface area contributed by atoms with Crippen molar-refractivity contribution < 1.29 is 0 Å². The normalized spacial score (nSPS) is 12.4. The number of fused-ring (bicyclic) bond motifs is 4. The Balaban J connectivity index is 1.86. The zero-order valence-corrected chi connectivity index (χ0v) is 16.0. The first-order chi connectivity index (χ1) is 12.5. The van der Waals surface area contributed by atoms with Gasteiger partial charge in [-0.2, -0.15) is 0 Å². The zero-order chi connectivity index (χ0) is 17.9. The van der Waals surface area contributed by atoms with Gasteiger partial charge in [0.15, 0.2) is 0 Å². The van der Waals surface area contributed by atoms with Gasteiger partial charge in [-0.25, -0.2) is 0 Å². The van der Waals surface area contributed by atoms with Crippen molar-refractivity contribution in [1.82, 2.24) is 9.38 Å². The van der Waals surface area contributed by atoms with Crippen LogP contribution in [0, 0.1) is 0 Å². The second kappa shape index (κ2) is 5.42. The molecule has 0 bridgehead atoms. The molecule has 0 spiro atoms. The van der Waals surface area contributed by atoms with Gasteiger partial charge in [-0.1, -0.05) is 45.0 Å². The molecular formula is C23H20N2S. The van der Waals surface area contributed by atoms with Crippen LogP contribution in [0.3, 0.4) is 0 Å². The summed E-state index contributed by atoms with van der Waals surface area (Å²) in [6.45, 7) is 6.84. The smallest absolute Gasteiger partial charge is 0.100 e. The summed E-state index contributed by atoms with van der Waals surface area (Å²) in [4.78, 5) is 6.03. The molecule has 0 aliphatic rings. The van der Waals surface area contributed by atoms with Crippen molar-refractivity contribution in [3.63, 3.8) is 0 Å². The molecule has 0 aliphatic carbocycles.